The van der Waals surface area contributed by atoms with E-state index in [2.05, 4.69) is 0 Å². The molecule has 16 heavy (non-hydrogen) atoms. The molecule has 0 spiro atoms. The van der Waals surface area contributed by atoms with Crippen molar-refractivity contribution >= 4 is 5.97 Å². The molecule has 0 radical (unpaired) electrons. The van der Waals surface area contributed by atoms with Crippen LogP contribution in [0.25, 0.3) is 0 Å². The molecule has 1 aromatic rings. The summed E-state index contributed by atoms with van der Waals surface area (Å²) < 4.78 is 10.5. The van der Waals surface area contributed by atoms with E-state index in [0.717, 1.165) is 6.42 Å². The van der Waals surface area contributed by atoms with Gasteiger partial charge in [0.2, 0.25) is 0 Å². The molecule has 0 heterocycles. The van der Waals surface area contributed by atoms with E-state index in [1.54, 1.807) is 24.3 Å². The van der Waals surface area contributed by atoms with Gasteiger partial charge in [0, 0.05) is 0 Å². The maximum Gasteiger partial charge on any atom is 0.344 e. The average Bonchev–Trinajstić information content (AvgIpc) is 2.29. The van der Waals surface area contributed by atoms with Crippen molar-refractivity contribution in [3.8, 4) is 11.5 Å². The van der Waals surface area contributed by atoms with E-state index in [1.807, 2.05) is 6.92 Å². The Morgan fingerprint density at radius 1 is 1.38 bits per heavy atom. The number of benzene rings is 1. The first kappa shape index (κ1) is 12.4. The van der Waals surface area contributed by atoms with Crippen molar-refractivity contribution in [2.24, 2.45) is 0 Å². The highest BCUT2D eigenvalue weighted by molar-refractivity contribution is 5.72. The summed E-state index contributed by atoms with van der Waals surface area (Å²) in [7, 11) is 1.53. The van der Waals surface area contributed by atoms with Crippen LogP contribution >= 0.6 is 0 Å². The van der Waals surface area contributed by atoms with Crippen LogP contribution in [0.15, 0.2) is 24.3 Å². The summed E-state index contributed by atoms with van der Waals surface area (Å²) in [6.45, 7) is 1.92. The van der Waals surface area contributed by atoms with E-state index in [9.17, 15) is 4.79 Å². The Balaban J connectivity index is 2.80. The van der Waals surface area contributed by atoms with Crippen LogP contribution in [0.3, 0.4) is 0 Å². The van der Waals surface area contributed by atoms with Crippen molar-refractivity contribution < 1.29 is 19.4 Å². The highest BCUT2D eigenvalue weighted by atomic mass is 16.5. The Hall–Kier alpha value is -1.71. The lowest BCUT2D eigenvalue weighted by atomic mass is 10.2. The predicted octanol–water partition coefficient (Wildman–Crippen LogP) is 2.33. The van der Waals surface area contributed by atoms with Crippen molar-refractivity contribution in [1.29, 1.82) is 0 Å². The number of carboxylic acid groups (broad SMARTS) is 1. The van der Waals surface area contributed by atoms with Gasteiger partial charge in [-0.15, -0.1) is 0 Å². The van der Waals surface area contributed by atoms with Crippen molar-refractivity contribution in [3.05, 3.63) is 24.3 Å². The predicted molar refractivity (Wildman–Crippen MR) is 60.0 cm³/mol. The van der Waals surface area contributed by atoms with Gasteiger partial charge in [-0.1, -0.05) is 25.5 Å². The molecule has 0 aliphatic rings. The van der Waals surface area contributed by atoms with Gasteiger partial charge in [-0.3, -0.25) is 0 Å². The number of rotatable bonds is 6. The Kier molecular flexibility index (Phi) is 4.64. The number of methoxy groups -OCH3 is 1. The van der Waals surface area contributed by atoms with Gasteiger partial charge in [-0.05, 0) is 18.6 Å². The summed E-state index contributed by atoms with van der Waals surface area (Å²) in [6.07, 6.45) is 0.417. The summed E-state index contributed by atoms with van der Waals surface area (Å²) in [4.78, 5) is 10.9. The minimum absolute atomic E-state index is 0.464. The number of hydrogen-bond donors (Lipinski definition) is 1. The Morgan fingerprint density at radius 3 is 2.50 bits per heavy atom. The van der Waals surface area contributed by atoms with Crippen LogP contribution in [-0.4, -0.2) is 24.3 Å². The van der Waals surface area contributed by atoms with E-state index in [-0.39, 0.29) is 0 Å². The summed E-state index contributed by atoms with van der Waals surface area (Å²) in [6, 6.07) is 7.02. The monoisotopic (exact) mass is 224 g/mol. The molecule has 1 atom stereocenters. The van der Waals surface area contributed by atoms with Crippen LogP contribution in [0.5, 0.6) is 11.5 Å². The lowest BCUT2D eigenvalue weighted by Crippen LogP contribution is -2.26. The number of para-hydroxylation sites is 2. The summed E-state index contributed by atoms with van der Waals surface area (Å²) in [5.74, 6) is 0.0588. The number of carbonyl (C=O) groups is 1. The first-order chi connectivity index (χ1) is 7.69. The summed E-state index contributed by atoms with van der Waals surface area (Å²) in [5.41, 5.74) is 0. The molecule has 0 saturated heterocycles. The van der Waals surface area contributed by atoms with Crippen molar-refractivity contribution in [2.75, 3.05) is 7.11 Å². The van der Waals surface area contributed by atoms with Crippen LogP contribution in [-0.2, 0) is 4.79 Å². The second-order valence-corrected chi connectivity index (χ2v) is 3.38. The molecule has 4 heteroatoms. The molecule has 88 valence electrons. The van der Waals surface area contributed by atoms with E-state index in [1.165, 1.54) is 7.11 Å². The van der Waals surface area contributed by atoms with Gasteiger partial charge in [0.25, 0.3) is 0 Å². The molecule has 1 aromatic carbocycles. The normalized spacial score (nSPS) is 11.9. The maximum atomic E-state index is 10.9. The minimum Gasteiger partial charge on any atom is -0.493 e. The highest BCUT2D eigenvalue weighted by Crippen LogP contribution is 2.27. The molecule has 1 rings (SSSR count). The van der Waals surface area contributed by atoms with E-state index in [4.69, 9.17) is 14.6 Å². The molecule has 0 aliphatic heterocycles. The van der Waals surface area contributed by atoms with Crippen molar-refractivity contribution in [1.82, 2.24) is 0 Å². The van der Waals surface area contributed by atoms with Gasteiger partial charge in [-0.2, -0.15) is 0 Å². The molecule has 0 unspecified atom stereocenters. The van der Waals surface area contributed by atoms with Gasteiger partial charge in [0.15, 0.2) is 17.6 Å². The number of carboxylic acids is 1. The fraction of sp³-hybridized carbons (Fsp3) is 0.417. The molecule has 0 fully saturated rings. The highest BCUT2D eigenvalue weighted by Gasteiger charge is 2.19. The quantitative estimate of drug-likeness (QED) is 0.805. The maximum absolute atomic E-state index is 10.9. The SMILES string of the molecule is CCC[C@@H](Oc1ccccc1OC)C(=O)O. The number of ether oxygens (including phenoxy) is 2. The lowest BCUT2D eigenvalue weighted by Gasteiger charge is -2.16. The second-order valence-electron chi connectivity index (χ2n) is 3.38. The Morgan fingerprint density at radius 2 is 2.00 bits per heavy atom. The zero-order valence-electron chi connectivity index (χ0n) is 9.47. The third kappa shape index (κ3) is 3.15. The topological polar surface area (TPSA) is 55.8 Å². The molecule has 0 aromatic heterocycles. The van der Waals surface area contributed by atoms with Crippen LogP contribution in [0, 0.1) is 0 Å². The molecular weight excluding hydrogens is 208 g/mol. The minimum atomic E-state index is -0.951. The van der Waals surface area contributed by atoms with Crippen LogP contribution < -0.4 is 9.47 Å². The van der Waals surface area contributed by atoms with Crippen molar-refractivity contribution in [2.45, 2.75) is 25.9 Å². The summed E-state index contributed by atoms with van der Waals surface area (Å²) >= 11 is 0. The fourth-order valence-corrected chi connectivity index (χ4v) is 1.36. The summed E-state index contributed by atoms with van der Waals surface area (Å²) in [5, 5.41) is 8.96. The fourth-order valence-electron chi connectivity index (χ4n) is 1.36. The molecule has 1 N–H and O–H groups in total. The van der Waals surface area contributed by atoms with Gasteiger partial charge < -0.3 is 14.6 Å². The van der Waals surface area contributed by atoms with Crippen LogP contribution in [0.4, 0.5) is 0 Å². The zero-order chi connectivity index (χ0) is 12.0. The number of aliphatic carboxylic acids is 1. The van der Waals surface area contributed by atoms with E-state index in [0.29, 0.717) is 17.9 Å². The molecule has 4 nitrogen and oxygen atoms in total. The molecule has 0 amide bonds. The Labute approximate surface area is 94.8 Å². The molecule has 0 aliphatic carbocycles. The lowest BCUT2D eigenvalue weighted by molar-refractivity contribution is -0.145. The van der Waals surface area contributed by atoms with Gasteiger partial charge in [0.05, 0.1) is 7.11 Å². The molecule has 0 bridgehead atoms. The average molecular weight is 224 g/mol. The van der Waals surface area contributed by atoms with E-state index >= 15 is 0 Å². The van der Waals surface area contributed by atoms with E-state index < -0.39 is 12.1 Å². The molecule has 0 saturated carbocycles. The standard InChI is InChI=1S/C12H16O4/c1-3-6-11(12(13)14)16-10-8-5-4-7-9(10)15-2/h4-5,7-8,11H,3,6H2,1-2H3,(H,13,14)/t11-/m1/s1. The van der Waals surface area contributed by atoms with Crippen LogP contribution in [0.1, 0.15) is 19.8 Å². The smallest absolute Gasteiger partial charge is 0.344 e. The third-order valence-electron chi connectivity index (χ3n) is 2.16. The number of hydrogen-bond acceptors (Lipinski definition) is 3. The molecular formula is C12H16O4. The van der Waals surface area contributed by atoms with Crippen LogP contribution in [0.2, 0.25) is 0 Å². The van der Waals surface area contributed by atoms with Crippen molar-refractivity contribution in [3.63, 3.8) is 0 Å². The second kappa shape index (κ2) is 6.00. The van der Waals surface area contributed by atoms with Gasteiger partial charge in [0.1, 0.15) is 0 Å². The first-order valence-electron chi connectivity index (χ1n) is 5.21. The van der Waals surface area contributed by atoms with Gasteiger partial charge >= 0.3 is 5.97 Å². The van der Waals surface area contributed by atoms with Gasteiger partial charge in [-0.25, -0.2) is 4.79 Å². The third-order valence-corrected chi connectivity index (χ3v) is 2.16. The first-order valence-corrected chi connectivity index (χ1v) is 5.21. The zero-order valence-corrected chi connectivity index (χ0v) is 9.47. The largest absolute Gasteiger partial charge is 0.493 e. The Bertz CT molecular complexity index is 349.